The number of thioether (sulfide) groups is 1. The van der Waals surface area contributed by atoms with Gasteiger partial charge in [-0.3, -0.25) is 14.4 Å². The highest BCUT2D eigenvalue weighted by atomic mass is 79.9. The number of aliphatic hydroxyl groups excluding tert-OH is 1. The summed E-state index contributed by atoms with van der Waals surface area (Å²) in [5.41, 5.74) is 1.32. The number of hydrogen-bond donors (Lipinski definition) is 3. The first-order valence-corrected chi connectivity index (χ1v) is 14.7. The molecule has 3 unspecified atom stereocenters. The van der Waals surface area contributed by atoms with E-state index >= 15 is 0 Å². The van der Waals surface area contributed by atoms with E-state index < -0.39 is 28.7 Å². The maximum absolute atomic E-state index is 14.3. The van der Waals surface area contributed by atoms with Crippen molar-refractivity contribution in [2.75, 3.05) is 25.6 Å². The Bertz CT molecular complexity index is 1200. The zero-order valence-corrected chi connectivity index (χ0v) is 23.7. The van der Waals surface area contributed by atoms with Crippen molar-refractivity contribution in [2.24, 2.45) is 11.8 Å². The van der Waals surface area contributed by atoms with E-state index in [-0.39, 0.29) is 34.4 Å². The molecule has 0 aliphatic carbocycles. The van der Waals surface area contributed by atoms with Crippen LogP contribution in [0.1, 0.15) is 31.4 Å². The molecule has 3 amide bonds. The van der Waals surface area contributed by atoms with E-state index in [0.29, 0.717) is 24.4 Å². The zero-order chi connectivity index (χ0) is 27.0. The van der Waals surface area contributed by atoms with Gasteiger partial charge in [0.05, 0.1) is 36.3 Å². The number of hydrogen-bond acceptors (Lipinski definition) is 6. The van der Waals surface area contributed by atoms with Crippen LogP contribution < -0.4 is 15.4 Å². The van der Waals surface area contributed by atoms with E-state index in [1.165, 1.54) is 0 Å². The van der Waals surface area contributed by atoms with Crippen LogP contribution in [0, 0.1) is 11.8 Å². The van der Waals surface area contributed by atoms with Gasteiger partial charge >= 0.3 is 0 Å². The number of ether oxygens (including phenoxy) is 1. The summed E-state index contributed by atoms with van der Waals surface area (Å²) in [5, 5.41) is 16.4. The predicted octanol–water partition coefficient (Wildman–Crippen LogP) is 3.36. The third-order valence-corrected chi connectivity index (χ3v) is 11.1. The molecule has 3 heterocycles. The third kappa shape index (κ3) is 4.40. The Kier molecular flexibility index (Phi) is 7.75. The molecule has 0 aromatic heterocycles. The topological polar surface area (TPSA) is 108 Å². The van der Waals surface area contributed by atoms with E-state index in [2.05, 4.69) is 26.6 Å². The van der Waals surface area contributed by atoms with E-state index in [9.17, 15) is 19.5 Å². The molecule has 0 saturated carbocycles. The molecule has 3 aliphatic rings. The quantitative estimate of drug-likeness (QED) is 0.380. The van der Waals surface area contributed by atoms with Gasteiger partial charge in [0.25, 0.3) is 0 Å². The molecule has 3 saturated heterocycles. The summed E-state index contributed by atoms with van der Waals surface area (Å²) < 4.78 is 4.43. The van der Waals surface area contributed by atoms with Crippen molar-refractivity contribution in [3.63, 3.8) is 0 Å². The Hall–Kier alpha value is -2.56. The number of methoxy groups -OCH3 is 1. The molecule has 3 aliphatic heterocycles. The number of carbonyl (C=O) groups is 3. The lowest BCUT2D eigenvalue weighted by molar-refractivity contribution is -0.142. The van der Waals surface area contributed by atoms with Crippen LogP contribution in [-0.4, -0.2) is 68.9 Å². The number of fused-ring (bicyclic) bond motifs is 1. The smallest absolute Gasteiger partial charge is 0.248 e. The summed E-state index contributed by atoms with van der Waals surface area (Å²) in [6.45, 7) is 2.17. The molecule has 0 radical (unpaired) electrons. The summed E-state index contributed by atoms with van der Waals surface area (Å²) in [4.78, 5) is 43.3. The average Bonchev–Trinajstić information content (AvgIpc) is 3.52. The highest BCUT2D eigenvalue weighted by Gasteiger charge is 2.76. The van der Waals surface area contributed by atoms with Crippen LogP contribution in [0.25, 0.3) is 0 Å². The lowest BCUT2D eigenvalue weighted by Gasteiger charge is -2.37. The normalized spacial score (nSPS) is 30.2. The number of nitrogens with zero attached hydrogens (tertiary/aromatic N) is 1. The van der Waals surface area contributed by atoms with Crippen LogP contribution in [0.3, 0.4) is 0 Å². The Morgan fingerprint density at radius 2 is 1.89 bits per heavy atom. The lowest BCUT2D eigenvalue weighted by atomic mass is 9.70. The van der Waals surface area contributed by atoms with Gasteiger partial charge in [-0.2, -0.15) is 0 Å². The maximum Gasteiger partial charge on any atom is 0.248 e. The summed E-state index contributed by atoms with van der Waals surface area (Å²) in [7, 11) is 1.57. The number of aliphatic hydroxyl groups is 1. The minimum atomic E-state index is -0.876. The maximum atomic E-state index is 14.3. The zero-order valence-electron chi connectivity index (χ0n) is 21.3. The Balaban J connectivity index is 1.57. The van der Waals surface area contributed by atoms with E-state index in [1.54, 1.807) is 48.0 Å². The van der Waals surface area contributed by atoms with Gasteiger partial charge in [-0.25, -0.2) is 0 Å². The van der Waals surface area contributed by atoms with Gasteiger partial charge in [0, 0.05) is 22.3 Å². The molecule has 8 nitrogen and oxygen atoms in total. The summed E-state index contributed by atoms with van der Waals surface area (Å²) in [5.74, 6) is -1.29. The minimum absolute atomic E-state index is 0.0190. The first-order chi connectivity index (χ1) is 18.4. The molecule has 10 heteroatoms. The second kappa shape index (κ2) is 10.9. The number of likely N-dealkylation sites (tertiary alicyclic amines) is 1. The first-order valence-electron chi connectivity index (χ1n) is 12.9. The first kappa shape index (κ1) is 27.0. The molecule has 38 heavy (non-hydrogen) atoms. The van der Waals surface area contributed by atoms with Crippen molar-refractivity contribution in [2.45, 2.75) is 46.7 Å². The predicted molar refractivity (Wildman–Crippen MR) is 150 cm³/mol. The van der Waals surface area contributed by atoms with Crippen molar-refractivity contribution < 1.29 is 24.2 Å². The van der Waals surface area contributed by atoms with Crippen molar-refractivity contribution >= 4 is 51.1 Å². The molecule has 1 spiro atoms. The second-order valence-electron chi connectivity index (χ2n) is 10.0. The van der Waals surface area contributed by atoms with Gasteiger partial charge in [-0.1, -0.05) is 53.2 Å². The largest absolute Gasteiger partial charge is 0.497 e. The number of carbonyl (C=O) groups excluding carboxylic acids is 3. The molecule has 2 bridgehead atoms. The minimum Gasteiger partial charge on any atom is -0.497 e. The fourth-order valence-electron chi connectivity index (χ4n) is 6.28. The van der Waals surface area contributed by atoms with E-state index in [1.807, 2.05) is 37.3 Å². The summed E-state index contributed by atoms with van der Waals surface area (Å²) >= 11 is 5.35. The van der Waals surface area contributed by atoms with E-state index in [0.717, 1.165) is 12.0 Å². The highest BCUT2D eigenvalue weighted by Crippen LogP contribution is 2.68. The van der Waals surface area contributed by atoms with E-state index in [4.69, 9.17) is 4.74 Å². The van der Waals surface area contributed by atoms with Gasteiger partial charge < -0.3 is 25.4 Å². The molecule has 3 N–H and O–H groups in total. The van der Waals surface area contributed by atoms with Crippen LogP contribution in [0.2, 0.25) is 0 Å². The Labute approximate surface area is 235 Å². The van der Waals surface area contributed by atoms with Gasteiger partial charge in [0.2, 0.25) is 17.7 Å². The number of benzene rings is 2. The van der Waals surface area contributed by atoms with Crippen LogP contribution in [0.15, 0.2) is 54.6 Å². The van der Waals surface area contributed by atoms with Gasteiger partial charge in [0.15, 0.2) is 0 Å². The van der Waals surface area contributed by atoms with Gasteiger partial charge in [0.1, 0.15) is 11.8 Å². The Morgan fingerprint density at radius 3 is 2.53 bits per heavy atom. The lowest BCUT2D eigenvalue weighted by Crippen LogP contribution is -2.53. The van der Waals surface area contributed by atoms with Crippen molar-refractivity contribution in [1.29, 1.82) is 0 Å². The molecule has 2 aromatic carbocycles. The average molecular weight is 603 g/mol. The molecular formula is C28H32BrN3O5S. The molecule has 3 fully saturated rings. The molecule has 5 rings (SSSR count). The number of nitrogens with one attached hydrogen (secondary N) is 2. The number of alkyl halides is 1. The SMILES string of the molecule is CCCNC(=O)[C@H]1[C@@H]2SC3(CC2Br)C(C(=O)Nc2ccc(OC)cc2)N([C@H](CO)c2ccccc2)C(=O)[C@H]13. The fourth-order valence-corrected chi connectivity index (χ4v) is 9.88. The third-order valence-electron chi connectivity index (χ3n) is 7.88. The monoisotopic (exact) mass is 601 g/mol. The molecular weight excluding hydrogens is 570 g/mol. The van der Waals surface area contributed by atoms with Crippen molar-refractivity contribution in [3.05, 3.63) is 60.2 Å². The molecule has 202 valence electrons. The number of anilines is 1. The van der Waals surface area contributed by atoms with Gasteiger partial charge in [-0.05, 0) is 42.7 Å². The summed E-state index contributed by atoms with van der Waals surface area (Å²) in [6, 6.07) is 14.7. The van der Waals surface area contributed by atoms with Crippen LogP contribution >= 0.6 is 27.7 Å². The number of halogens is 1. The Morgan fingerprint density at radius 1 is 1.18 bits per heavy atom. The number of rotatable bonds is 9. The van der Waals surface area contributed by atoms with Crippen molar-refractivity contribution in [1.82, 2.24) is 10.2 Å². The fraction of sp³-hybridized carbons (Fsp3) is 0.464. The van der Waals surface area contributed by atoms with Crippen LogP contribution in [0.4, 0.5) is 5.69 Å². The standard InChI is InChI=1S/C28H32BrN3O5S/c1-3-13-30-25(34)21-22-27(36)32(20(15-33)16-7-5-4-6-8-16)24(28(22)14-19(29)23(21)38-28)26(35)31-17-9-11-18(37-2)12-10-17/h4-12,19-24,33H,3,13-15H2,1-2H3,(H,30,34)(H,31,35)/t19?,20-,21-,22+,23-,24?,28?/m1/s1. The number of amides is 3. The highest BCUT2D eigenvalue weighted by molar-refractivity contribution is 9.09. The van der Waals surface area contributed by atoms with Crippen LogP contribution in [-0.2, 0) is 14.4 Å². The van der Waals surface area contributed by atoms with Gasteiger partial charge in [-0.15, -0.1) is 11.8 Å². The summed E-state index contributed by atoms with van der Waals surface area (Å²) in [6.07, 6.45) is 1.36. The molecule has 2 aromatic rings. The second-order valence-corrected chi connectivity index (χ2v) is 12.7. The van der Waals surface area contributed by atoms with Crippen LogP contribution in [0.5, 0.6) is 5.75 Å². The molecule has 7 atom stereocenters. The van der Waals surface area contributed by atoms with Crippen molar-refractivity contribution in [3.8, 4) is 5.75 Å².